The molecule has 1 aromatic carbocycles. The average Bonchev–Trinajstić information content (AvgIpc) is 3.16. The van der Waals surface area contributed by atoms with Crippen molar-refractivity contribution in [3.63, 3.8) is 0 Å². The summed E-state index contributed by atoms with van der Waals surface area (Å²) in [6.07, 6.45) is -0.472. The SMILES string of the molecule is CC.CC(=O)O.CC(C)NC(CC(=O)O)C(=O)NCC(=O)NC(CC(=O)O)C(=O)NC(C(=O)NCC(=O)Nc1ccc(COC(=O)C(C)C)cc1)C(C)C.CCCNC(N)=O. The van der Waals surface area contributed by atoms with E-state index >= 15 is 0 Å². The van der Waals surface area contributed by atoms with Gasteiger partial charge in [0.15, 0.2) is 0 Å². The van der Waals surface area contributed by atoms with Gasteiger partial charge in [-0.3, -0.25) is 43.2 Å². The first-order chi connectivity index (χ1) is 28.4. The lowest BCUT2D eigenvalue weighted by molar-refractivity contribution is -0.148. The molecule has 0 spiro atoms. The second-order valence-corrected chi connectivity index (χ2v) is 13.7. The van der Waals surface area contributed by atoms with E-state index in [1.807, 2.05) is 20.8 Å². The number of hydrogen-bond acceptors (Lipinski definition) is 12. The second kappa shape index (κ2) is 33.5. The summed E-state index contributed by atoms with van der Waals surface area (Å²) in [5.41, 5.74) is 5.85. The topological polar surface area (TPSA) is 351 Å². The molecule has 3 atom stereocenters. The molecule has 1 rings (SSSR count). The fraction of sp³-hybridized carbons (Fsp3) is 0.590. The number of aliphatic carboxylic acids is 3. The van der Waals surface area contributed by atoms with Crippen molar-refractivity contribution in [1.82, 2.24) is 31.9 Å². The van der Waals surface area contributed by atoms with Crippen molar-refractivity contribution in [2.24, 2.45) is 17.6 Å². The quantitative estimate of drug-likeness (QED) is 0.0714. The van der Waals surface area contributed by atoms with Gasteiger partial charge in [0.1, 0.15) is 18.7 Å². The standard InChI is InChI=1S/C31H46N6O11.C4H10N2O.C2H4O2.C2H6/c1-16(2)27(30(46)33-13-23(38)35-20-9-7-19(8-10-20)15-48-31(47)17(3)4)37-29(45)22(12-26(42)43)36-24(39)14-32-28(44)21(11-25(40)41)34-18(5)6;1-2-3-6-4(5)7;1-2(3)4;1-2/h7-10,16-18,21-22,27,34H,11-15H2,1-6H3,(H,32,44)(H,33,46)(H,35,38)(H,36,39)(H,37,45)(H,40,41)(H,42,43);2-3H2,1H3,(H3,5,6,7);1H3,(H,3,4);1-2H3. The summed E-state index contributed by atoms with van der Waals surface area (Å²) in [6.45, 7) is 16.7. The molecule has 22 nitrogen and oxygen atoms in total. The third-order valence-electron chi connectivity index (χ3n) is 6.99. The molecule has 0 saturated heterocycles. The number of carbonyl (C=O) groups excluding carboxylic acids is 7. The van der Waals surface area contributed by atoms with E-state index in [-0.39, 0.29) is 24.5 Å². The molecular weight excluding hydrogens is 804 g/mol. The molecule has 0 aromatic heterocycles. The molecule has 0 bridgehead atoms. The van der Waals surface area contributed by atoms with Crippen LogP contribution in [0.1, 0.15) is 94.1 Å². The Morgan fingerprint density at radius 3 is 1.61 bits per heavy atom. The number of benzene rings is 1. The Balaban J connectivity index is -0.00000225. The number of nitrogens with one attached hydrogen (secondary N) is 7. The zero-order chi connectivity index (χ0) is 47.8. The van der Waals surface area contributed by atoms with Crippen LogP contribution in [0, 0.1) is 11.8 Å². The van der Waals surface area contributed by atoms with Crippen molar-refractivity contribution in [2.75, 3.05) is 25.0 Å². The number of ether oxygens (including phenoxy) is 1. The van der Waals surface area contributed by atoms with Crippen molar-refractivity contribution >= 4 is 65.1 Å². The van der Waals surface area contributed by atoms with Crippen LogP contribution in [0.3, 0.4) is 0 Å². The predicted molar refractivity (Wildman–Crippen MR) is 224 cm³/mol. The largest absolute Gasteiger partial charge is 0.481 e. The van der Waals surface area contributed by atoms with E-state index in [1.54, 1.807) is 65.8 Å². The summed E-state index contributed by atoms with van der Waals surface area (Å²) in [4.78, 5) is 116. The van der Waals surface area contributed by atoms with Crippen LogP contribution < -0.4 is 43.0 Å². The number of rotatable bonds is 22. The highest BCUT2D eigenvalue weighted by Crippen LogP contribution is 2.11. The first-order valence-corrected chi connectivity index (χ1v) is 19.5. The molecule has 22 heteroatoms. The number of amides is 7. The van der Waals surface area contributed by atoms with E-state index in [4.69, 9.17) is 25.5 Å². The van der Waals surface area contributed by atoms with Crippen LogP contribution >= 0.6 is 0 Å². The molecule has 61 heavy (non-hydrogen) atoms. The molecule has 0 aliphatic heterocycles. The number of carboxylic acid groups (broad SMARTS) is 3. The van der Waals surface area contributed by atoms with Crippen LogP contribution in [0.25, 0.3) is 0 Å². The Labute approximate surface area is 356 Å². The Hall–Kier alpha value is -6.32. The summed E-state index contributed by atoms with van der Waals surface area (Å²) in [5, 5.41) is 42.8. The van der Waals surface area contributed by atoms with Gasteiger partial charge in [-0.1, -0.05) is 74.4 Å². The highest BCUT2D eigenvalue weighted by molar-refractivity contribution is 5.98. The van der Waals surface area contributed by atoms with Gasteiger partial charge >= 0.3 is 23.9 Å². The van der Waals surface area contributed by atoms with Gasteiger partial charge in [-0.05, 0) is 30.0 Å². The van der Waals surface area contributed by atoms with Gasteiger partial charge in [-0.15, -0.1) is 0 Å². The number of anilines is 1. The van der Waals surface area contributed by atoms with Crippen LogP contribution in [0.15, 0.2) is 24.3 Å². The minimum atomic E-state index is -1.63. The van der Waals surface area contributed by atoms with E-state index in [0.29, 0.717) is 17.8 Å². The molecule has 3 unspecified atom stereocenters. The summed E-state index contributed by atoms with van der Waals surface area (Å²) in [6, 6.07) is 1.82. The van der Waals surface area contributed by atoms with Gasteiger partial charge in [0.25, 0.3) is 5.97 Å². The van der Waals surface area contributed by atoms with E-state index in [0.717, 1.165) is 13.3 Å². The number of esters is 1. The molecule has 1 aromatic rings. The molecule has 12 N–H and O–H groups in total. The lowest BCUT2D eigenvalue weighted by Crippen LogP contribution is -2.57. The number of carboxylic acids is 3. The monoisotopic (exact) mass is 870 g/mol. The Bertz CT molecular complexity index is 1570. The van der Waals surface area contributed by atoms with E-state index < -0.39 is 103 Å². The Kier molecular flexibility index (Phi) is 32.4. The maximum atomic E-state index is 13.0. The number of hydrogen-bond donors (Lipinski definition) is 11. The zero-order valence-corrected chi connectivity index (χ0v) is 36.6. The lowest BCUT2D eigenvalue weighted by atomic mass is 10.0. The van der Waals surface area contributed by atoms with Crippen molar-refractivity contribution < 1.29 is 68.0 Å². The molecule has 7 amide bonds. The van der Waals surface area contributed by atoms with Crippen LogP contribution in [-0.2, 0) is 54.5 Å². The smallest absolute Gasteiger partial charge is 0.312 e. The summed E-state index contributed by atoms with van der Waals surface area (Å²) in [7, 11) is 0. The Morgan fingerprint density at radius 2 is 1.18 bits per heavy atom. The van der Waals surface area contributed by atoms with Crippen LogP contribution in [0.5, 0.6) is 0 Å². The summed E-state index contributed by atoms with van der Waals surface area (Å²) >= 11 is 0. The van der Waals surface area contributed by atoms with Crippen LogP contribution in [0.2, 0.25) is 0 Å². The first-order valence-electron chi connectivity index (χ1n) is 19.5. The normalized spacial score (nSPS) is 11.5. The lowest BCUT2D eigenvalue weighted by Gasteiger charge is -2.25. The number of urea groups is 1. The average molecular weight is 871 g/mol. The van der Waals surface area contributed by atoms with Crippen LogP contribution in [0.4, 0.5) is 10.5 Å². The molecule has 346 valence electrons. The molecule has 0 saturated carbocycles. The van der Waals surface area contributed by atoms with Crippen molar-refractivity contribution in [3.8, 4) is 0 Å². The summed E-state index contributed by atoms with van der Waals surface area (Å²) < 4.78 is 5.16. The maximum absolute atomic E-state index is 13.0. The zero-order valence-electron chi connectivity index (χ0n) is 36.6. The van der Waals surface area contributed by atoms with Crippen molar-refractivity contribution in [3.05, 3.63) is 29.8 Å². The molecule has 0 fully saturated rings. The first kappa shape index (κ1) is 59.0. The van der Waals surface area contributed by atoms with Gasteiger partial charge in [-0.2, -0.15) is 0 Å². The molecule has 0 aliphatic rings. The van der Waals surface area contributed by atoms with Crippen molar-refractivity contribution in [1.29, 1.82) is 0 Å². The van der Waals surface area contributed by atoms with E-state index in [9.17, 15) is 48.3 Å². The number of nitrogens with two attached hydrogens (primary N) is 1. The van der Waals surface area contributed by atoms with Gasteiger partial charge in [0.2, 0.25) is 29.5 Å². The highest BCUT2D eigenvalue weighted by Gasteiger charge is 2.31. The minimum absolute atomic E-state index is 0.0718. The fourth-order valence-electron chi connectivity index (χ4n) is 4.25. The van der Waals surface area contributed by atoms with Gasteiger partial charge < -0.3 is 63.0 Å². The highest BCUT2D eigenvalue weighted by atomic mass is 16.5. The maximum Gasteiger partial charge on any atom is 0.312 e. The Morgan fingerprint density at radius 1 is 0.689 bits per heavy atom. The van der Waals surface area contributed by atoms with E-state index in [2.05, 4.69) is 37.2 Å². The number of carbonyl (C=O) groups is 10. The minimum Gasteiger partial charge on any atom is -0.481 e. The predicted octanol–water partition coefficient (Wildman–Crippen LogP) is 0.680. The van der Waals surface area contributed by atoms with Crippen LogP contribution in [-0.4, -0.2) is 119 Å². The second-order valence-electron chi connectivity index (χ2n) is 13.7. The van der Waals surface area contributed by atoms with Gasteiger partial charge in [0.05, 0.1) is 37.9 Å². The summed E-state index contributed by atoms with van der Waals surface area (Å²) in [5.74, 6) is -8.69. The fourth-order valence-corrected chi connectivity index (χ4v) is 4.25. The molecule has 0 heterocycles. The third kappa shape index (κ3) is 32.2. The van der Waals surface area contributed by atoms with E-state index in [1.165, 1.54) is 0 Å². The molecule has 0 radical (unpaired) electrons. The third-order valence-corrected chi connectivity index (χ3v) is 6.99. The van der Waals surface area contributed by atoms with Gasteiger partial charge in [0, 0.05) is 25.2 Å². The van der Waals surface area contributed by atoms with Gasteiger partial charge in [-0.25, -0.2) is 4.79 Å². The van der Waals surface area contributed by atoms with Crippen molar-refractivity contribution in [2.45, 2.75) is 119 Å². The number of primary amides is 1. The molecular formula is C39H66N8O14. The molecule has 0 aliphatic carbocycles.